The molecule has 3 aliphatic rings. The maximum Gasteiger partial charge on any atom is 0.268 e. The molecule has 9 nitrogen and oxygen atoms in total. The Morgan fingerprint density at radius 2 is 1.91 bits per heavy atom. The van der Waals surface area contributed by atoms with E-state index in [1.165, 1.54) is 22.6 Å². The van der Waals surface area contributed by atoms with Crippen molar-refractivity contribution in [2.45, 2.75) is 31.9 Å². The normalized spacial score (nSPS) is 19.4. The molecule has 2 aliphatic heterocycles. The Morgan fingerprint density at radius 1 is 1.12 bits per heavy atom. The van der Waals surface area contributed by atoms with E-state index < -0.39 is 6.10 Å². The molecule has 0 bridgehead atoms. The Labute approximate surface area is 198 Å². The molecular formula is C25H28N4O5. The van der Waals surface area contributed by atoms with Gasteiger partial charge in [-0.2, -0.15) is 0 Å². The highest BCUT2D eigenvalue weighted by Crippen LogP contribution is 2.32. The summed E-state index contributed by atoms with van der Waals surface area (Å²) in [5, 5.41) is 0. The first-order valence-electron chi connectivity index (χ1n) is 11.6. The van der Waals surface area contributed by atoms with E-state index in [9.17, 15) is 14.4 Å². The summed E-state index contributed by atoms with van der Waals surface area (Å²) >= 11 is 0. The number of anilines is 1. The van der Waals surface area contributed by atoms with Crippen molar-refractivity contribution in [2.24, 2.45) is 5.92 Å². The van der Waals surface area contributed by atoms with E-state index in [0.717, 1.165) is 5.56 Å². The molecule has 1 aromatic carbocycles. The summed E-state index contributed by atoms with van der Waals surface area (Å²) in [4.78, 5) is 46.8. The second kappa shape index (κ2) is 8.96. The summed E-state index contributed by atoms with van der Waals surface area (Å²) in [7, 11) is 3.33. The number of benzene rings is 1. The first kappa shape index (κ1) is 22.2. The highest BCUT2D eigenvalue weighted by Gasteiger charge is 2.36. The molecule has 34 heavy (non-hydrogen) atoms. The fraction of sp³-hybridized carbons (Fsp3) is 0.440. The van der Waals surface area contributed by atoms with Crippen molar-refractivity contribution in [3.63, 3.8) is 0 Å². The molecule has 1 atom stereocenters. The number of amides is 3. The number of carbonyl (C=O) groups is 3. The molecule has 0 radical (unpaired) electrons. The number of carbonyl (C=O) groups excluding carboxylic acids is 3. The van der Waals surface area contributed by atoms with E-state index in [2.05, 4.69) is 4.98 Å². The number of likely N-dealkylation sites (N-methyl/N-ethyl adjacent to an activating group) is 1. The summed E-state index contributed by atoms with van der Waals surface area (Å²) in [5.74, 6) is 1.29. The zero-order valence-corrected chi connectivity index (χ0v) is 19.4. The van der Waals surface area contributed by atoms with Gasteiger partial charge in [0.25, 0.3) is 11.8 Å². The van der Waals surface area contributed by atoms with E-state index in [0.29, 0.717) is 54.8 Å². The van der Waals surface area contributed by atoms with Crippen LogP contribution >= 0.6 is 0 Å². The average Bonchev–Trinajstić information content (AvgIpc) is 3.53. The number of aromatic nitrogens is 1. The van der Waals surface area contributed by atoms with E-state index in [1.807, 2.05) is 12.1 Å². The van der Waals surface area contributed by atoms with Crippen LogP contribution in [0.15, 0.2) is 36.7 Å². The van der Waals surface area contributed by atoms with Gasteiger partial charge < -0.3 is 24.2 Å². The summed E-state index contributed by atoms with van der Waals surface area (Å²) < 4.78 is 11.7. The molecule has 5 rings (SSSR count). The van der Waals surface area contributed by atoms with Crippen LogP contribution < -0.4 is 14.4 Å². The lowest BCUT2D eigenvalue weighted by atomic mass is 10.1. The second-order valence-electron chi connectivity index (χ2n) is 9.29. The third-order valence-electron chi connectivity index (χ3n) is 6.41. The minimum atomic E-state index is -0.626. The Morgan fingerprint density at radius 3 is 2.68 bits per heavy atom. The maximum absolute atomic E-state index is 13.1. The lowest BCUT2D eigenvalue weighted by molar-refractivity contribution is -0.129. The molecule has 0 unspecified atom stereocenters. The largest absolute Gasteiger partial charge is 0.492 e. The van der Waals surface area contributed by atoms with Crippen molar-refractivity contribution in [3.05, 3.63) is 47.8 Å². The first-order chi connectivity index (χ1) is 16.4. The smallest absolute Gasteiger partial charge is 0.268 e. The summed E-state index contributed by atoms with van der Waals surface area (Å²) in [6, 6.07) is 7.21. The quantitative estimate of drug-likeness (QED) is 0.594. The number of hydrogen-bond donors (Lipinski definition) is 0. The van der Waals surface area contributed by atoms with Gasteiger partial charge in [-0.15, -0.1) is 0 Å². The Kier molecular flexibility index (Phi) is 5.85. The van der Waals surface area contributed by atoms with Crippen LogP contribution in [-0.2, 0) is 16.1 Å². The van der Waals surface area contributed by atoms with Gasteiger partial charge in [0, 0.05) is 50.9 Å². The zero-order valence-electron chi connectivity index (χ0n) is 19.4. The summed E-state index contributed by atoms with van der Waals surface area (Å²) in [6.45, 7) is 1.59. The van der Waals surface area contributed by atoms with Gasteiger partial charge in [-0.3, -0.25) is 19.4 Å². The van der Waals surface area contributed by atoms with Gasteiger partial charge >= 0.3 is 0 Å². The van der Waals surface area contributed by atoms with Crippen LogP contribution in [-0.4, -0.2) is 72.4 Å². The number of fused-ring (bicyclic) bond motifs is 1. The molecule has 3 heterocycles. The molecule has 3 amide bonds. The van der Waals surface area contributed by atoms with E-state index in [1.54, 1.807) is 43.5 Å². The van der Waals surface area contributed by atoms with Gasteiger partial charge in [-0.05, 0) is 36.5 Å². The monoisotopic (exact) mass is 464 g/mol. The lowest BCUT2D eigenvalue weighted by Gasteiger charge is -2.18. The SMILES string of the molecule is CN(C)C(=O)CN1Cc2ccc(N3CC[C@@H](Oc4cncc(OCC5CC5)c4)C3=O)cc2C1=O. The fourth-order valence-corrected chi connectivity index (χ4v) is 4.17. The average molecular weight is 465 g/mol. The van der Waals surface area contributed by atoms with E-state index in [4.69, 9.17) is 9.47 Å². The van der Waals surface area contributed by atoms with Crippen LogP contribution in [0, 0.1) is 5.92 Å². The number of rotatable bonds is 8. The van der Waals surface area contributed by atoms with Crippen molar-refractivity contribution in [1.29, 1.82) is 0 Å². The predicted octanol–water partition coefficient (Wildman–Crippen LogP) is 2.10. The molecule has 1 aromatic heterocycles. The van der Waals surface area contributed by atoms with Crippen LogP contribution in [0.4, 0.5) is 5.69 Å². The van der Waals surface area contributed by atoms with Crippen LogP contribution in [0.1, 0.15) is 35.2 Å². The van der Waals surface area contributed by atoms with Crippen molar-refractivity contribution in [2.75, 3.05) is 38.7 Å². The molecule has 1 saturated carbocycles. The van der Waals surface area contributed by atoms with Gasteiger partial charge in [0.1, 0.15) is 18.0 Å². The van der Waals surface area contributed by atoms with Crippen LogP contribution in [0.25, 0.3) is 0 Å². The van der Waals surface area contributed by atoms with E-state index >= 15 is 0 Å². The minimum absolute atomic E-state index is 0.0336. The molecule has 0 spiro atoms. The number of hydrogen-bond acceptors (Lipinski definition) is 6. The molecule has 2 fully saturated rings. The topological polar surface area (TPSA) is 92.3 Å². The van der Waals surface area contributed by atoms with Crippen molar-refractivity contribution < 1.29 is 23.9 Å². The van der Waals surface area contributed by atoms with Crippen LogP contribution in [0.3, 0.4) is 0 Å². The fourth-order valence-electron chi connectivity index (χ4n) is 4.17. The molecule has 2 aromatic rings. The van der Waals surface area contributed by atoms with Gasteiger partial charge in [0.05, 0.1) is 19.0 Å². The maximum atomic E-state index is 13.1. The molecule has 0 N–H and O–H groups in total. The zero-order chi connectivity index (χ0) is 23.8. The van der Waals surface area contributed by atoms with Crippen LogP contribution in [0.2, 0.25) is 0 Å². The third kappa shape index (κ3) is 4.55. The van der Waals surface area contributed by atoms with Gasteiger partial charge in [0.15, 0.2) is 6.10 Å². The Hall–Kier alpha value is -3.62. The summed E-state index contributed by atoms with van der Waals surface area (Å²) in [6.07, 6.45) is 5.54. The van der Waals surface area contributed by atoms with Crippen molar-refractivity contribution >= 4 is 23.4 Å². The first-order valence-corrected chi connectivity index (χ1v) is 11.6. The van der Waals surface area contributed by atoms with Crippen LogP contribution in [0.5, 0.6) is 11.5 Å². The molecule has 1 aliphatic carbocycles. The Bertz CT molecular complexity index is 1130. The minimum Gasteiger partial charge on any atom is -0.492 e. The highest BCUT2D eigenvalue weighted by molar-refractivity contribution is 6.03. The standard InChI is InChI=1S/C25H28N4O5/c1-27(2)23(30)14-28-13-17-5-6-18(9-21(17)24(28)31)29-8-7-22(25(29)32)34-20-10-19(11-26-12-20)33-15-16-3-4-16/h5-6,9-12,16,22H,3-4,7-8,13-15H2,1-2H3/t22-/m1/s1. The van der Waals surface area contributed by atoms with Crippen molar-refractivity contribution in [1.82, 2.24) is 14.8 Å². The van der Waals surface area contributed by atoms with Crippen molar-refractivity contribution in [3.8, 4) is 11.5 Å². The van der Waals surface area contributed by atoms with Gasteiger partial charge in [-0.1, -0.05) is 6.07 Å². The summed E-state index contributed by atoms with van der Waals surface area (Å²) in [5.41, 5.74) is 2.04. The third-order valence-corrected chi connectivity index (χ3v) is 6.41. The second-order valence-corrected chi connectivity index (χ2v) is 9.29. The Balaban J connectivity index is 1.24. The number of nitrogens with zero attached hydrogens (tertiary/aromatic N) is 4. The number of ether oxygens (including phenoxy) is 2. The number of pyridine rings is 1. The molecular weight excluding hydrogens is 436 g/mol. The predicted molar refractivity (Wildman–Crippen MR) is 124 cm³/mol. The molecule has 178 valence electrons. The highest BCUT2D eigenvalue weighted by atomic mass is 16.5. The molecule has 9 heteroatoms. The molecule has 1 saturated heterocycles. The van der Waals surface area contributed by atoms with Gasteiger partial charge in [-0.25, -0.2) is 0 Å². The lowest BCUT2D eigenvalue weighted by Crippen LogP contribution is -2.36. The van der Waals surface area contributed by atoms with Gasteiger partial charge in [0.2, 0.25) is 5.91 Å². The van der Waals surface area contributed by atoms with E-state index in [-0.39, 0.29) is 24.3 Å².